The van der Waals surface area contributed by atoms with Gasteiger partial charge in [-0.3, -0.25) is 9.59 Å². The molecule has 7 nitrogen and oxygen atoms in total. The largest absolute Gasteiger partial charge is 0.469 e. The maximum Gasteiger partial charge on any atom is 0.331 e. The molecule has 1 aromatic rings. The molecule has 7 heteroatoms. The molecule has 0 bridgehead atoms. The quantitative estimate of drug-likeness (QED) is 0.552. The Balaban J connectivity index is 1.46. The van der Waals surface area contributed by atoms with Crippen molar-refractivity contribution in [1.82, 2.24) is 9.47 Å². The molecule has 2 heterocycles. The van der Waals surface area contributed by atoms with E-state index in [2.05, 4.69) is 24.5 Å². The number of carbonyl (C=O) groups is 3. The van der Waals surface area contributed by atoms with Crippen molar-refractivity contribution in [2.75, 3.05) is 26.8 Å². The fourth-order valence-corrected chi connectivity index (χ4v) is 3.83. The number of esters is 2. The van der Waals surface area contributed by atoms with Crippen LogP contribution in [0.4, 0.5) is 0 Å². The van der Waals surface area contributed by atoms with Crippen LogP contribution in [-0.4, -0.2) is 54.1 Å². The number of carbonyl (C=O) groups excluding carboxylic acids is 3. The summed E-state index contributed by atoms with van der Waals surface area (Å²) in [5.74, 6) is -1.16. The van der Waals surface area contributed by atoms with Crippen LogP contribution in [0, 0.1) is 19.8 Å². The van der Waals surface area contributed by atoms with E-state index in [-0.39, 0.29) is 24.4 Å². The molecule has 0 atom stereocenters. The molecule has 1 saturated carbocycles. The van der Waals surface area contributed by atoms with Crippen LogP contribution in [0.2, 0.25) is 0 Å². The van der Waals surface area contributed by atoms with Gasteiger partial charge in [-0.1, -0.05) is 0 Å². The van der Waals surface area contributed by atoms with E-state index in [1.165, 1.54) is 31.7 Å². The van der Waals surface area contributed by atoms with Crippen molar-refractivity contribution >= 4 is 23.9 Å². The van der Waals surface area contributed by atoms with E-state index in [0.29, 0.717) is 32.0 Å². The molecule has 1 aliphatic carbocycles. The second-order valence-corrected chi connectivity index (χ2v) is 7.55. The molecule has 0 spiro atoms. The predicted molar refractivity (Wildman–Crippen MR) is 103 cm³/mol. The lowest BCUT2D eigenvalue weighted by Crippen LogP contribution is -2.42. The van der Waals surface area contributed by atoms with Gasteiger partial charge in [-0.2, -0.15) is 0 Å². The molecule has 0 radical (unpaired) electrons. The number of amides is 1. The lowest BCUT2D eigenvalue weighted by molar-refractivity contribution is -0.151. The van der Waals surface area contributed by atoms with Crippen molar-refractivity contribution in [1.29, 1.82) is 0 Å². The van der Waals surface area contributed by atoms with E-state index in [9.17, 15) is 14.4 Å². The summed E-state index contributed by atoms with van der Waals surface area (Å²) in [7, 11) is 1.37. The lowest BCUT2D eigenvalue weighted by atomic mass is 9.97. The third-order valence-corrected chi connectivity index (χ3v) is 5.55. The molecule has 1 saturated heterocycles. The Kier molecular flexibility index (Phi) is 6.21. The van der Waals surface area contributed by atoms with Crippen molar-refractivity contribution in [3.8, 4) is 0 Å². The number of aryl methyl sites for hydroxylation is 1. The molecule has 152 valence electrons. The van der Waals surface area contributed by atoms with Crippen molar-refractivity contribution in [2.45, 2.75) is 45.6 Å². The SMILES string of the molecule is COC(=O)C1CCN(C(=O)COC(=O)/C=C/c2cc(C)n(C3CC3)c2C)CC1. The Morgan fingerprint density at radius 3 is 2.43 bits per heavy atom. The van der Waals surface area contributed by atoms with Gasteiger partial charge in [-0.05, 0) is 57.2 Å². The average molecular weight is 388 g/mol. The highest BCUT2D eigenvalue weighted by atomic mass is 16.5. The summed E-state index contributed by atoms with van der Waals surface area (Å²) in [6, 6.07) is 2.66. The number of aromatic nitrogens is 1. The molecule has 0 unspecified atom stereocenters. The smallest absolute Gasteiger partial charge is 0.331 e. The van der Waals surface area contributed by atoms with Crippen LogP contribution in [-0.2, 0) is 23.9 Å². The van der Waals surface area contributed by atoms with Gasteiger partial charge in [0.05, 0.1) is 13.0 Å². The summed E-state index contributed by atoms with van der Waals surface area (Å²) in [5.41, 5.74) is 3.34. The van der Waals surface area contributed by atoms with Crippen molar-refractivity contribution < 1.29 is 23.9 Å². The molecule has 0 N–H and O–H groups in total. The summed E-state index contributed by atoms with van der Waals surface area (Å²) in [6.07, 6.45) is 6.68. The Morgan fingerprint density at radius 2 is 1.82 bits per heavy atom. The maximum absolute atomic E-state index is 12.2. The fourth-order valence-electron chi connectivity index (χ4n) is 3.83. The summed E-state index contributed by atoms with van der Waals surface area (Å²) in [6.45, 7) is 4.78. The van der Waals surface area contributed by atoms with Crippen LogP contribution in [0.15, 0.2) is 12.1 Å². The predicted octanol–water partition coefficient (Wildman–Crippen LogP) is 2.41. The van der Waals surface area contributed by atoms with Gasteiger partial charge in [0.1, 0.15) is 0 Å². The van der Waals surface area contributed by atoms with E-state index in [4.69, 9.17) is 9.47 Å². The van der Waals surface area contributed by atoms with E-state index in [1.54, 1.807) is 11.0 Å². The number of nitrogens with zero attached hydrogens (tertiary/aromatic N) is 2. The van der Waals surface area contributed by atoms with Crippen molar-refractivity contribution in [2.24, 2.45) is 5.92 Å². The van der Waals surface area contributed by atoms with Gasteiger partial charge in [0.25, 0.3) is 5.91 Å². The lowest BCUT2D eigenvalue weighted by Gasteiger charge is -2.30. The van der Waals surface area contributed by atoms with Crippen LogP contribution in [0.3, 0.4) is 0 Å². The Morgan fingerprint density at radius 1 is 1.14 bits per heavy atom. The molecule has 1 aromatic heterocycles. The number of hydrogen-bond donors (Lipinski definition) is 0. The highest BCUT2D eigenvalue weighted by Gasteiger charge is 2.28. The first-order chi connectivity index (χ1) is 13.4. The van der Waals surface area contributed by atoms with Gasteiger partial charge in [0, 0.05) is 36.6 Å². The third kappa shape index (κ3) is 4.64. The van der Waals surface area contributed by atoms with Gasteiger partial charge in [0.15, 0.2) is 6.61 Å². The zero-order valence-electron chi connectivity index (χ0n) is 16.8. The highest BCUT2D eigenvalue weighted by Crippen LogP contribution is 2.38. The minimum absolute atomic E-state index is 0.158. The van der Waals surface area contributed by atoms with Crippen LogP contribution in [0.1, 0.15) is 48.7 Å². The Bertz CT molecular complexity index is 783. The number of likely N-dealkylation sites (tertiary alicyclic amines) is 1. The Labute approximate surface area is 165 Å². The first-order valence-corrected chi connectivity index (χ1v) is 9.79. The number of piperidine rings is 1. The summed E-state index contributed by atoms with van der Waals surface area (Å²) >= 11 is 0. The van der Waals surface area contributed by atoms with Crippen LogP contribution < -0.4 is 0 Å². The first-order valence-electron chi connectivity index (χ1n) is 9.79. The standard InChI is InChI=1S/C21H28N2O5/c1-14-12-17(15(2)23(14)18-5-6-18)4-7-20(25)28-13-19(24)22-10-8-16(9-11-22)21(26)27-3/h4,7,12,16,18H,5-6,8-11,13H2,1-3H3/b7-4+. The van der Waals surface area contributed by atoms with Crippen LogP contribution >= 0.6 is 0 Å². The average Bonchev–Trinajstić information content (AvgIpc) is 3.49. The fraction of sp³-hybridized carbons (Fsp3) is 0.571. The second-order valence-electron chi connectivity index (χ2n) is 7.55. The van der Waals surface area contributed by atoms with Gasteiger partial charge in [-0.15, -0.1) is 0 Å². The topological polar surface area (TPSA) is 77.8 Å². The molecule has 2 fully saturated rings. The van der Waals surface area contributed by atoms with E-state index < -0.39 is 5.97 Å². The molecule has 0 aromatic carbocycles. The van der Waals surface area contributed by atoms with Gasteiger partial charge < -0.3 is 18.9 Å². The second kappa shape index (κ2) is 8.63. The molecule has 28 heavy (non-hydrogen) atoms. The van der Waals surface area contributed by atoms with Crippen molar-refractivity contribution in [3.05, 3.63) is 29.1 Å². The zero-order valence-corrected chi connectivity index (χ0v) is 16.8. The minimum Gasteiger partial charge on any atom is -0.469 e. The normalized spacial score (nSPS) is 17.8. The molecule has 1 amide bonds. The molecule has 3 rings (SSSR count). The highest BCUT2D eigenvalue weighted by molar-refractivity contribution is 5.89. The summed E-state index contributed by atoms with van der Waals surface area (Å²) in [5, 5.41) is 0. The van der Waals surface area contributed by atoms with E-state index >= 15 is 0 Å². The number of hydrogen-bond acceptors (Lipinski definition) is 5. The maximum atomic E-state index is 12.2. The van der Waals surface area contributed by atoms with Crippen LogP contribution in [0.25, 0.3) is 6.08 Å². The number of ether oxygens (including phenoxy) is 2. The van der Waals surface area contributed by atoms with Crippen molar-refractivity contribution in [3.63, 3.8) is 0 Å². The van der Waals surface area contributed by atoms with Gasteiger partial charge in [-0.25, -0.2) is 4.79 Å². The number of rotatable bonds is 6. The molecule has 2 aliphatic rings. The van der Waals surface area contributed by atoms with E-state index in [1.807, 2.05) is 0 Å². The minimum atomic E-state index is -0.533. The molecule has 1 aliphatic heterocycles. The monoisotopic (exact) mass is 388 g/mol. The van der Waals surface area contributed by atoms with Gasteiger partial charge in [0.2, 0.25) is 0 Å². The molecular weight excluding hydrogens is 360 g/mol. The van der Waals surface area contributed by atoms with Crippen LogP contribution in [0.5, 0.6) is 0 Å². The van der Waals surface area contributed by atoms with E-state index in [0.717, 1.165) is 11.3 Å². The van der Waals surface area contributed by atoms with Gasteiger partial charge >= 0.3 is 11.9 Å². The first kappa shape index (κ1) is 20.2. The summed E-state index contributed by atoms with van der Waals surface area (Å²) in [4.78, 5) is 37.4. The zero-order chi connectivity index (χ0) is 20.3. The summed E-state index contributed by atoms with van der Waals surface area (Å²) < 4.78 is 12.1. The number of methoxy groups -OCH3 is 1. The third-order valence-electron chi connectivity index (χ3n) is 5.55. The molecular formula is C21H28N2O5. The Hall–Kier alpha value is -2.57.